The fourth-order valence-corrected chi connectivity index (χ4v) is 2.83. The van der Waals surface area contributed by atoms with Crippen LogP contribution >= 0.6 is 22.6 Å². The molecule has 0 fully saturated rings. The van der Waals surface area contributed by atoms with Crippen molar-refractivity contribution in [2.24, 2.45) is 0 Å². The Hall–Kier alpha value is -2.09. The lowest BCUT2D eigenvalue weighted by molar-refractivity contribution is 0.0952. The largest absolute Gasteiger partial charge is 0.496 e. The third kappa shape index (κ3) is 4.70. The molecule has 0 spiro atoms. The fourth-order valence-electron chi connectivity index (χ4n) is 2.09. The maximum atomic E-state index is 12.4. The van der Waals surface area contributed by atoms with Crippen molar-refractivity contribution in [3.8, 4) is 5.75 Å². The number of carbonyl (C=O) groups excluding carboxylic acids is 2. The Labute approximate surface area is 154 Å². The van der Waals surface area contributed by atoms with Crippen molar-refractivity contribution in [2.45, 2.75) is 13.3 Å². The van der Waals surface area contributed by atoms with Crippen LogP contribution in [0.2, 0.25) is 0 Å². The molecule has 0 radical (unpaired) electrons. The van der Waals surface area contributed by atoms with Crippen molar-refractivity contribution in [1.82, 2.24) is 5.32 Å². The highest BCUT2D eigenvalue weighted by molar-refractivity contribution is 14.1. The van der Waals surface area contributed by atoms with Crippen LogP contribution in [0.5, 0.6) is 5.75 Å². The van der Waals surface area contributed by atoms with Gasteiger partial charge in [-0.1, -0.05) is 13.0 Å². The summed E-state index contributed by atoms with van der Waals surface area (Å²) in [5, 5.41) is 5.63. The van der Waals surface area contributed by atoms with Crippen LogP contribution in [0.25, 0.3) is 0 Å². The molecule has 24 heavy (non-hydrogen) atoms. The number of anilines is 1. The first kappa shape index (κ1) is 18.3. The van der Waals surface area contributed by atoms with Crippen molar-refractivity contribution in [3.05, 3.63) is 57.2 Å². The molecule has 2 N–H and O–H groups in total. The molecule has 2 rings (SSSR count). The molecular weight excluding hydrogens is 419 g/mol. The van der Waals surface area contributed by atoms with Crippen LogP contribution in [0.4, 0.5) is 5.69 Å². The Morgan fingerprint density at radius 2 is 1.83 bits per heavy atom. The number of methoxy groups -OCH3 is 1. The molecule has 6 heteroatoms. The van der Waals surface area contributed by atoms with Crippen molar-refractivity contribution in [3.63, 3.8) is 0 Å². The van der Waals surface area contributed by atoms with E-state index >= 15 is 0 Å². The van der Waals surface area contributed by atoms with E-state index in [2.05, 4.69) is 33.2 Å². The van der Waals surface area contributed by atoms with Crippen LogP contribution < -0.4 is 15.4 Å². The summed E-state index contributed by atoms with van der Waals surface area (Å²) in [5.74, 6) is 0.343. The summed E-state index contributed by atoms with van der Waals surface area (Å²) >= 11 is 2.12. The first-order chi connectivity index (χ1) is 11.5. The summed E-state index contributed by atoms with van der Waals surface area (Å²) in [5.41, 5.74) is 1.63. The molecule has 0 saturated heterocycles. The van der Waals surface area contributed by atoms with Gasteiger partial charge in [-0.05, 0) is 65.4 Å². The van der Waals surface area contributed by atoms with E-state index in [1.807, 2.05) is 6.92 Å². The molecule has 0 aliphatic rings. The Morgan fingerprint density at radius 3 is 2.50 bits per heavy atom. The molecule has 0 aliphatic heterocycles. The van der Waals surface area contributed by atoms with Gasteiger partial charge < -0.3 is 15.4 Å². The zero-order chi connectivity index (χ0) is 17.5. The van der Waals surface area contributed by atoms with Crippen molar-refractivity contribution in [2.75, 3.05) is 19.0 Å². The summed E-state index contributed by atoms with van der Waals surface area (Å²) < 4.78 is 6.05. The molecule has 0 aliphatic carbocycles. The van der Waals surface area contributed by atoms with Crippen LogP contribution in [-0.4, -0.2) is 25.5 Å². The smallest absolute Gasteiger partial charge is 0.255 e. The molecule has 0 atom stereocenters. The number of carbonyl (C=O) groups is 2. The van der Waals surface area contributed by atoms with E-state index < -0.39 is 0 Å². The van der Waals surface area contributed by atoms with E-state index in [1.54, 1.807) is 49.6 Å². The molecule has 0 heterocycles. The van der Waals surface area contributed by atoms with Gasteiger partial charge in [-0.25, -0.2) is 0 Å². The number of ether oxygens (including phenoxy) is 1. The molecule has 0 saturated carbocycles. The normalized spacial score (nSPS) is 10.1. The second-order valence-corrected chi connectivity index (χ2v) is 6.30. The van der Waals surface area contributed by atoms with Gasteiger partial charge in [0.2, 0.25) is 0 Å². The van der Waals surface area contributed by atoms with Crippen LogP contribution in [0.1, 0.15) is 34.1 Å². The van der Waals surface area contributed by atoms with Crippen LogP contribution in [0, 0.1) is 3.57 Å². The summed E-state index contributed by atoms with van der Waals surface area (Å²) in [6.45, 7) is 2.62. The van der Waals surface area contributed by atoms with Gasteiger partial charge >= 0.3 is 0 Å². The Kier molecular flexibility index (Phi) is 6.60. The standard InChI is InChI=1S/C18H19IN2O3/c1-3-9-20-17(22)12-5-4-6-14(10-12)21-18(23)13-7-8-16(24-2)15(19)11-13/h4-8,10-11H,3,9H2,1-2H3,(H,20,22)(H,21,23). The second-order valence-electron chi connectivity index (χ2n) is 5.14. The Morgan fingerprint density at radius 1 is 1.08 bits per heavy atom. The summed E-state index contributed by atoms with van der Waals surface area (Å²) in [6.07, 6.45) is 0.873. The Bertz CT molecular complexity index is 747. The van der Waals surface area contributed by atoms with E-state index in [0.717, 1.165) is 15.7 Å². The minimum absolute atomic E-state index is 0.146. The molecule has 2 amide bonds. The molecule has 0 aromatic heterocycles. The number of benzene rings is 2. The molecular formula is C18H19IN2O3. The molecule has 0 bridgehead atoms. The maximum absolute atomic E-state index is 12.4. The molecule has 2 aromatic rings. The average molecular weight is 438 g/mol. The SMILES string of the molecule is CCCNC(=O)c1cccc(NC(=O)c2ccc(OC)c(I)c2)c1. The van der Waals surface area contributed by atoms with E-state index in [-0.39, 0.29) is 11.8 Å². The number of nitrogens with one attached hydrogen (secondary N) is 2. The highest BCUT2D eigenvalue weighted by Gasteiger charge is 2.11. The van der Waals surface area contributed by atoms with E-state index in [4.69, 9.17) is 4.74 Å². The third-order valence-electron chi connectivity index (χ3n) is 3.33. The van der Waals surface area contributed by atoms with Crippen molar-refractivity contribution in [1.29, 1.82) is 0 Å². The van der Waals surface area contributed by atoms with Crippen molar-refractivity contribution < 1.29 is 14.3 Å². The van der Waals surface area contributed by atoms with E-state index in [0.29, 0.717) is 23.4 Å². The van der Waals surface area contributed by atoms with Gasteiger partial charge in [-0.3, -0.25) is 9.59 Å². The van der Waals surface area contributed by atoms with Crippen LogP contribution in [0.3, 0.4) is 0 Å². The zero-order valence-electron chi connectivity index (χ0n) is 13.6. The minimum Gasteiger partial charge on any atom is -0.496 e. The van der Waals surface area contributed by atoms with Gasteiger partial charge in [0.15, 0.2) is 0 Å². The molecule has 2 aromatic carbocycles. The first-order valence-corrected chi connectivity index (χ1v) is 8.66. The number of hydrogen-bond acceptors (Lipinski definition) is 3. The highest BCUT2D eigenvalue weighted by Crippen LogP contribution is 2.22. The van der Waals surface area contributed by atoms with E-state index in [9.17, 15) is 9.59 Å². The Balaban J connectivity index is 2.11. The van der Waals surface area contributed by atoms with Gasteiger partial charge in [0, 0.05) is 23.4 Å². The maximum Gasteiger partial charge on any atom is 0.255 e. The fraction of sp³-hybridized carbons (Fsp3) is 0.222. The second kappa shape index (κ2) is 8.68. The minimum atomic E-state index is -0.235. The zero-order valence-corrected chi connectivity index (χ0v) is 15.7. The summed E-state index contributed by atoms with van der Waals surface area (Å²) in [6, 6.07) is 12.1. The molecule has 0 unspecified atom stereocenters. The van der Waals surface area contributed by atoms with Crippen LogP contribution in [0.15, 0.2) is 42.5 Å². The summed E-state index contributed by atoms with van der Waals surface area (Å²) in [4.78, 5) is 24.4. The lowest BCUT2D eigenvalue weighted by atomic mass is 10.1. The third-order valence-corrected chi connectivity index (χ3v) is 4.18. The number of hydrogen-bond donors (Lipinski definition) is 2. The van der Waals surface area contributed by atoms with Gasteiger partial charge in [-0.15, -0.1) is 0 Å². The van der Waals surface area contributed by atoms with Gasteiger partial charge in [-0.2, -0.15) is 0 Å². The topological polar surface area (TPSA) is 67.4 Å². The van der Waals surface area contributed by atoms with Crippen molar-refractivity contribution >= 4 is 40.1 Å². The lowest BCUT2D eigenvalue weighted by Crippen LogP contribution is -2.24. The quantitative estimate of drug-likeness (QED) is 0.677. The molecule has 126 valence electrons. The first-order valence-electron chi connectivity index (χ1n) is 7.58. The summed E-state index contributed by atoms with van der Waals surface area (Å²) in [7, 11) is 1.59. The number of rotatable bonds is 6. The number of amides is 2. The average Bonchev–Trinajstić information content (AvgIpc) is 2.59. The van der Waals surface area contributed by atoms with Gasteiger partial charge in [0.05, 0.1) is 10.7 Å². The predicted molar refractivity (Wildman–Crippen MR) is 103 cm³/mol. The van der Waals surface area contributed by atoms with Gasteiger partial charge in [0.1, 0.15) is 5.75 Å². The van der Waals surface area contributed by atoms with Crippen LogP contribution in [-0.2, 0) is 0 Å². The monoisotopic (exact) mass is 438 g/mol. The highest BCUT2D eigenvalue weighted by atomic mass is 127. The predicted octanol–water partition coefficient (Wildman–Crippen LogP) is 3.69. The molecule has 5 nitrogen and oxygen atoms in total. The van der Waals surface area contributed by atoms with E-state index in [1.165, 1.54) is 0 Å². The van der Waals surface area contributed by atoms with Gasteiger partial charge in [0.25, 0.3) is 11.8 Å². The lowest BCUT2D eigenvalue weighted by Gasteiger charge is -2.09. The number of halogens is 1.